The minimum atomic E-state index is -0.826. The molecule has 0 fully saturated rings. The van der Waals surface area contributed by atoms with Gasteiger partial charge in [-0.05, 0) is 46.9 Å². The van der Waals surface area contributed by atoms with Gasteiger partial charge in [-0.1, -0.05) is 178 Å². The molecule has 0 aromatic heterocycles. The van der Waals surface area contributed by atoms with Crippen molar-refractivity contribution >= 4 is 48.1 Å². The van der Waals surface area contributed by atoms with Gasteiger partial charge in [-0.3, -0.25) is 0 Å². The fourth-order valence-corrected chi connectivity index (χ4v) is 6.99. The molecule has 6 rings (SSSR count). The quantitative estimate of drug-likeness (QED) is 0.0582. The zero-order valence-corrected chi connectivity index (χ0v) is 39.3. The summed E-state index contributed by atoms with van der Waals surface area (Å²) >= 11 is -0.826. The van der Waals surface area contributed by atoms with E-state index in [1.54, 1.807) is 0 Å². The Hall–Kier alpha value is -2.22. The van der Waals surface area contributed by atoms with Crippen molar-refractivity contribution in [2.75, 3.05) is 0 Å². The summed E-state index contributed by atoms with van der Waals surface area (Å²) in [6.07, 6.45) is 13.1. The molecule has 286 valence electrons. The fourth-order valence-electron chi connectivity index (χ4n) is 6.99. The van der Waals surface area contributed by atoms with Gasteiger partial charge < -0.3 is 0 Å². The summed E-state index contributed by atoms with van der Waals surface area (Å²) in [5, 5.41) is 5.57. The number of unbranched alkanes of at least 4 members (excludes halogenated alkanes) is 6. The first-order valence-electron chi connectivity index (χ1n) is 20.3. The minimum absolute atomic E-state index is 0.587. The molecule has 0 nitrogen and oxygen atoms in total. The maximum atomic E-state index is 4.93. The molecular weight excluding hydrogens is 791 g/mol. The van der Waals surface area contributed by atoms with Gasteiger partial charge in [0.05, 0.1) is 0 Å². The molecular formula is C50H64Cl2SiZr. The summed E-state index contributed by atoms with van der Waals surface area (Å²) in [5.41, 5.74) is 11.2. The van der Waals surface area contributed by atoms with Crippen LogP contribution < -0.4 is 0 Å². The normalized spacial score (nSPS) is 10.7. The van der Waals surface area contributed by atoms with E-state index in [2.05, 4.69) is 164 Å². The van der Waals surface area contributed by atoms with Crippen LogP contribution >= 0.6 is 17.0 Å². The molecule has 4 heteroatoms. The third kappa shape index (κ3) is 14.7. The molecule has 0 bridgehead atoms. The second-order valence-corrected chi connectivity index (χ2v) is 19.8. The topological polar surface area (TPSA) is 0 Å². The van der Waals surface area contributed by atoms with E-state index in [0.29, 0.717) is 11.8 Å². The number of hydrogen-bond donors (Lipinski definition) is 0. The number of rotatable bonds is 14. The van der Waals surface area contributed by atoms with Crippen molar-refractivity contribution in [3.8, 4) is 22.3 Å². The average molecular weight is 855 g/mol. The van der Waals surface area contributed by atoms with E-state index in [4.69, 9.17) is 17.0 Å². The van der Waals surface area contributed by atoms with Gasteiger partial charge in [0.1, 0.15) is 0 Å². The third-order valence-corrected chi connectivity index (χ3v) is 10.0. The Bertz CT molecular complexity index is 1740. The first kappa shape index (κ1) is 46.2. The van der Waals surface area contributed by atoms with Crippen LogP contribution in [0.1, 0.15) is 127 Å². The molecule has 0 amide bonds. The predicted molar refractivity (Wildman–Crippen MR) is 243 cm³/mol. The van der Waals surface area contributed by atoms with Gasteiger partial charge in [0.25, 0.3) is 0 Å². The number of fused-ring (bicyclic) bond motifs is 2. The zero-order chi connectivity index (χ0) is 39.3. The standard InChI is InChI=1S/2C24H29.C2H6Si.2ClH.Zr/c2*1-4-5-6-7-9-19-16-22-10-8-11-23(24(22)17-19)21-14-12-20(13-15-21)18(2)3;1-3-2;;;/h2*8,10-18H,4-7,9H2,1-3H3;1-2H3;2*1H;/q2*-1;;;;+4/p-2. The molecule has 6 aromatic rings. The second kappa shape index (κ2) is 25.8. The van der Waals surface area contributed by atoms with Gasteiger partial charge in [0, 0.05) is 9.52 Å². The summed E-state index contributed by atoms with van der Waals surface area (Å²) in [6, 6.07) is 41.2. The van der Waals surface area contributed by atoms with Crippen molar-refractivity contribution < 1.29 is 20.8 Å². The van der Waals surface area contributed by atoms with E-state index in [1.165, 1.54) is 130 Å². The SMILES string of the molecule is CCCCCCc1cc2c(-c3ccc(C(C)C)cc3)cccc2[cH-]1.CCCCCCc1cc2c(-c3ccc(C(C)C)cc3)cccc2[cH-]1.C[Si]C.[Cl][Zr+2][Cl]. The zero-order valence-electron chi connectivity index (χ0n) is 34.4. The number of aryl methyl sites for hydroxylation is 2. The molecule has 54 heavy (non-hydrogen) atoms. The predicted octanol–water partition coefficient (Wildman–Crippen LogP) is 17.1. The summed E-state index contributed by atoms with van der Waals surface area (Å²) in [5.74, 6) is 1.17. The van der Waals surface area contributed by atoms with E-state index in [1.807, 2.05) is 0 Å². The molecule has 0 aliphatic rings. The number of halogens is 2. The molecule has 0 N–H and O–H groups in total. The summed E-state index contributed by atoms with van der Waals surface area (Å²) in [7, 11) is 11.0. The molecule has 6 aromatic carbocycles. The van der Waals surface area contributed by atoms with Crippen LogP contribution in [0.3, 0.4) is 0 Å². The monoisotopic (exact) mass is 852 g/mol. The van der Waals surface area contributed by atoms with Crippen LogP contribution in [0.5, 0.6) is 0 Å². The molecule has 0 saturated heterocycles. The van der Waals surface area contributed by atoms with Crippen molar-refractivity contribution in [1.29, 1.82) is 0 Å². The van der Waals surface area contributed by atoms with E-state index in [9.17, 15) is 0 Å². The fraction of sp³-hybridized carbons (Fsp3) is 0.400. The number of hydrogen-bond acceptors (Lipinski definition) is 0. The van der Waals surface area contributed by atoms with Crippen LogP contribution in [0.4, 0.5) is 0 Å². The molecule has 0 aliphatic carbocycles. The molecule has 0 unspecified atom stereocenters. The van der Waals surface area contributed by atoms with Gasteiger partial charge >= 0.3 is 37.9 Å². The average Bonchev–Trinajstić information content (AvgIpc) is 3.80. The molecule has 2 radical (unpaired) electrons. The van der Waals surface area contributed by atoms with Crippen LogP contribution in [0, 0.1) is 0 Å². The maximum absolute atomic E-state index is 4.93. The molecule has 0 atom stereocenters. The van der Waals surface area contributed by atoms with Crippen molar-refractivity contribution in [3.05, 3.63) is 131 Å². The first-order valence-corrected chi connectivity index (χ1v) is 28.7. The first-order chi connectivity index (χ1) is 26.2. The van der Waals surface area contributed by atoms with E-state index in [0.717, 1.165) is 9.52 Å². The summed E-state index contributed by atoms with van der Waals surface area (Å²) < 4.78 is 0. The molecule has 0 heterocycles. The Kier molecular flexibility index (Phi) is 22.1. The Morgan fingerprint density at radius 3 is 1.20 bits per heavy atom. The summed E-state index contributed by atoms with van der Waals surface area (Å²) in [4.78, 5) is 0. The Morgan fingerprint density at radius 2 is 0.889 bits per heavy atom. The van der Waals surface area contributed by atoms with E-state index >= 15 is 0 Å². The Morgan fingerprint density at radius 1 is 0.537 bits per heavy atom. The van der Waals surface area contributed by atoms with Gasteiger partial charge in [-0.15, -0.1) is 69.1 Å². The Balaban J connectivity index is 0.000000254. The van der Waals surface area contributed by atoms with Crippen molar-refractivity contribution in [1.82, 2.24) is 0 Å². The molecule has 0 spiro atoms. The van der Waals surface area contributed by atoms with Crippen LogP contribution in [0.25, 0.3) is 43.8 Å². The van der Waals surface area contributed by atoms with Crippen molar-refractivity contribution in [2.45, 2.75) is 131 Å². The molecule has 0 aliphatic heterocycles. The van der Waals surface area contributed by atoms with Gasteiger partial charge in [0.2, 0.25) is 0 Å². The number of benzene rings is 4. The molecule has 0 saturated carbocycles. The summed E-state index contributed by atoms with van der Waals surface area (Å²) in [6.45, 7) is 17.8. The van der Waals surface area contributed by atoms with Gasteiger partial charge in [-0.25, -0.2) is 0 Å². The van der Waals surface area contributed by atoms with Crippen molar-refractivity contribution in [2.24, 2.45) is 0 Å². The van der Waals surface area contributed by atoms with Crippen LogP contribution in [-0.4, -0.2) is 9.52 Å². The van der Waals surface area contributed by atoms with Gasteiger partial charge in [-0.2, -0.15) is 12.1 Å². The van der Waals surface area contributed by atoms with Crippen LogP contribution in [-0.2, 0) is 33.7 Å². The van der Waals surface area contributed by atoms with Gasteiger partial charge in [0.15, 0.2) is 0 Å². The van der Waals surface area contributed by atoms with E-state index in [-0.39, 0.29) is 0 Å². The van der Waals surface area contributed by atoms with Crippen LogP contribution in [0.2, 0.25) is 13.1 Å². The Labute approximate surface area is 350 Å². The second-order valence-electron chi connectivity index (χ2n) is 15.1. The third-order valence-electron chi connectivity index (χ3n) is 10.0. The van der Waals surface area contributed by atoms with Crippen molar-refractivity contribution in [3.63, 3.8) is 0 Å². The van der Waals surface area contributed by atoms with E-state index < -0.39 is 20.8 Å². The van der Waals surface area contributed by atoms with Crippen LogP contribution in [0.15, 0.2) is 109 Å².